The minimum absolute atomic E-state index is 0.256. The fourth-order valence-corrected chi connectivity index (χ4v) is 1.89. The van der Waals surface area contributed by atoms with Crippen LogP contribution < -0.4 is 0 Å². The molecule has 0 heterocycles. The molecule has 1 fully saturated rings. The molecule has 0 bridgehead atoms. The van der Waals surface area contributed by atoms with Gasteiger partial charge in [-0.25, -0.2) is 4.79 Å². The van der Waals surface area contributed by atoms with Crippen molar-refractivity contribution in [3.63, 3.8) is 0 Å². The first-order valence-electron chi connectivity index (χ1n) is 5.47. The molecule has 0 aliphatic heterocycles. The van der Waals surface area contributed by atoms with Gasteiger partial charge in [0.2, 0.25) is 0 Å². The monoisotopic (exact) mass is 200 g/mol. The van der Waals surface area contributed by atoms with Gasteiger partial charge in [0.1, 0.15) is 0 Å². The van der Waals surface area contributed by atoms with Crippen LogP contribution in [-0.2, 0) is 14.3 Å². The lowest BCUT2D eigenvalue weighted by molar-refractivity contribution is -0.156. The van der Waals surface area contributed by atoms with Crippen LogP contribution in [0.4, 0.5) is 0 Å². The molecule has 0 amide bonds. The third-order valence-electron chi connectivity index (χ3n) is 2.73. The average molecular weight is 200 g/mol. The highest BCUT2D eigenvalue weighted by Crippen LogP contribution is 2.20. The molecule has 3 nitrogen and oxygen atoms in total. The number of carbonyl (C=O) groups is 1. The molecular weight excluding hydrogens is 180 g/mol. The molecule has 1 rings (SSSR count). The van der Waals surface area contributed by atoms with Crippen molar-refractivity contribution in [2.45, 2.75) is 57.7 Å². The number of methoxy groups -OCH3 is 1. The van der Waals surface area contributed by atoms with Gasteiger partial charge in [-0.15, -0.1) is 0 Å². The van der Waals surface area contributed by atoms with E-state index in [1.54, 1.807) is 6.92 Å². The van der Waals surface area contributed by atoms with E-state index in [1.165, 1.54) is 32.8 Å². The molecular formula is C11H20O3. The Labute approximate surface area is 85.8 Å². The van der Waals surface area contributed by atoms with Gasteiger partial charge in [0, 0.05) is 0 Å². The van der Waals surface area contributed by atoms with Gasteiger partial charge in [-0.1, -0.05) is 25.7 Å². The van der Waals surface area contributed by atoms with Gasteiger partial charge in [0.25, 0.3) is 0 Å². The average Bonchev–Trinajstić information content (AvgIpc) is 2.45. The number of hydrogen-bond acceptors (Lipinski definition) is 3. The Kier molecular flexibility index (Phi) is 4.94. The van der Waals surface area contributed by atoms with Crippen LogP contribution in [0.2, 0.25) is 0 Å². The zero-order valence-corrected chi connectivity index (χ0v) is 9.12. The SMILES string of the molecule is COC(=O)[C@@H](C)OC1CCCCCC1. The second kappa shape index (κ2) is 6.02. The largest absolute Gasteiger partial charge is 0.467 e. The highest BCUT2D eigenvalue weighted by atomic mass is 16.6. The lowest BCUT2D eigenvalue weighted by atomic mass is 10.1. The van der Waals surface area contributed by atoms with Gasteiger partial charge >= 0.3 is 5.97 Å². The van der Waals surface area contributed by atoms with Gasteiger partial charge in [0.05, 0.1) is 13.2 Å². The molecule has 1 aliphatic carbocycles. The lowest BCUT2D eigenvalue weighted by Gasteiger charge is -2.19. The van der Waals surface area contributed by atoms with E-state index in [9.17, 15) is 4.79 Å². The van der Waals surface area contributed by atoms with E-state index in [0.717, 1.165) is 12.8 Å². The second-order valence-electron chi connectivity index (χ2n) is 3.92. The van der Waals surface area contributed by atoms with Crippen molar-refractivity contribution in [2.75, 3.05) is 7.11 Å². The predicted octanol–water partition coefficient (Wildman–Crippen LogP) is 2.29. The second-order valence-corrected chi connectivity index (χ2v) is 3.92. The van der Waals surface area contributed by atoms with Gasteiger partial charge in [-0.3, -0.25) is 0 Å². The number of carbonyl (C=O) groups excluding carboxylic acids is 1. The van der Waals surface area contributed by atoms with Crippen LogP contribution in [0.25, 0.3) is 0 Å². The molecule has 0 unspecified atom stereocenters. The lowest BCUT2D eigenvalue weighted by Crippen LogP contribution is -2.27. The minimum atomic E-state index is -0.414. The van der Waals surface area contributed by atoms with Crippen LogP contribution in [-0.4, -0.2) is 25.3 Å². The fourth-order valence-electron chi connectivity index (χ4n) is 1.89. The van der Waals surface area contributed by atoms with Crippen LogP contribution in [0.1, 0.15) is 45.4 Å². The molecule has 1 saturated carbocycles. The third-order valence-corrected chi connectivity index (χ3v) is 2.73. The summed E-state index contributed by atoms with van der Waals surface area (Å²) in [5.41, 5.74) is 0. The Balaban J connectivity index is 2.30. The topological polar surface area (TPSA) is 35.5 Å². The first kappa shape index (κ1) is 11.5. The zero-order chi connectivity index (χ0) is 10.4. The summed E-state index contributed by atoms with van der Waals surface area (Å²) < 4.78 is 10.3. The molecule has 82 valence electrons. The summed E-state index contributed by atoms with van der Waals surface area (Å²) in [6.45, 7) is 1.76. The van der Waals surface area contributed by atoms with E-state index < -0.39 is 6.10 Å². The summed E-state index contributed by atoms with van der Waals surface area (Å²) >= 11 is 0. The summed E-state index contributed by atoms with van der Waals surface area (Å²) in [4.78, 5) is 11.1. The van der Waals surface area contributed by atoms with Gasteiger partial charge in [-0.2, -0.15) is 0 Å². The van der Waals surface area contributed by atoms with Crippen LogP contribution >= 0.6 is 0 Å². The molecule has 0 saturated heterocycles. The molecule has 1 aliphatic rings. The Bertz CT molecular complexity index is 171. The third kappa shape index (κ3) is 3.66. The molecule has 0 aromatic heterocycles. The van der Waals surface area contributed by atoms with Crippen molar-refractivity contribution in [3.8, 4) is 0 Å². The summed E-state index contributed by atoms with van der Waals surface area (Å²) in [6.07, 6.45) is 7.05. The van der Waals surface area contributed by atoms with Crippen molar-refractivity contribution < 1.29 is 14.3 Å². The maximum absolute atomic E-state index is 11.1. The predicted molar refractivity (Wildman–Crippen MR) is 54.1 cm³/mol. The number of esters is 1. The first-order chi connectivity index (χ1) is 6.74. The van der Waals surface area contributed by atoms with Gasteiger partial charge < -0.3 is 9.47 Å². The quantitative estimate of drug-likeness (QED) is 0.518. The molecule has 0 N–H and O–H groups in total. The molecule has 0 radical (unpaired) electrons. The fraction of sp³-hybridized carbons (Fsp3) is 0.909. The van der Waals surface area contributed by atoms with Crippen LogP contribution in [0.15, 0.2) is 0 Å². The number of rotatable bonds is 3. The highest BCUT2D eigenvalue weighted by Gasteiger charge is 2.20. The van der Waals surface area contributed by atoms with Crippen molar-refractivity contribution in [3.05, 3.63) is 0 Å². The zero-order valence-electron chi connectivity index (χ0n) is 9.12. The maximum Gasteiger partial charge on any atom is 0.334 e. The van der Waals surface area contributed by atoms with Crippen molar-refractivity contribution in [1.82, 2.24) is 0 Å². The smallest absolute Gasteiger partial charge is 0.334 e. The van der Waals surface area contributed by atoms with E-state index in [1.807, 2.05) is 0 Å². The van der Waals surface area contributed by atoms with E-state index in [0.29, 0.717) is 0 Å². The summed E-state index contributed by atoms with van der Waals surface area (Å²) in [7, 11) is 1.40. The Morgan fingerprint density at radius 2 is 1.79 bits per heavy atom. The first-order valence-corrected chi connectivity index (χ1v) is 5.47. The van der Waals surface area contributed by atoms with Crippen molar-refractivity contribution in [1.29, 1.82) is 0 Å². The molecule has 1 atom stereocenters. The molecule has 0 spiro atoms. The standard InChI is InChI=1S/C11H20O3/c1-9(11(12)13-2)14-10-7-5-3-4-6-8-10/h9-10H,3-8H2,1-2H3/t9-/m1/s1. The normalized spacial score (nSPS) is 21.3. The van der Waals surface area contributed by atoms with Gasteiger partial charge in [0.15, 0.2) is 6.10 Å². The van der Waals surface area contributed by atoms with E-state index in [-0.39, 0.29) is 12.1 Å². The van der Waals surface area contributed by atoms with Crippen LogP contribution in [0.5, 0.6) is 0 Å². The Morgan fingerprint density at radius 1 is 1.21 bits per heavy atom. The summed E-state index contributed by atoms with van der Waals surface area (Å²) in [5, 5.41) is 0. The summed E-state index contributed by atoms with van der Waals surface area (Å²) in [6, 6.07) is 0. The number of ether oxygens (including phenoxy) is 2. The van der Waals surface area contributed by atoms with E-state index in [2.05, 4.69) is 4.74 Å². The van der Waals surface area contributed by atoms with Crippen molar-refractivity contribution in [2.24, 2.45) is 0 Å². The maximum atomic E-state index is 11.1. The Morgan fingerprint density at radius 3 is 2.29 bits per heavy atom. The number of hydrogen-bond donors (Lipinski definition) is 0. The Hall–Kier alpha value is -0.570. The molecule has 0 aromatic rings. The van der Waals surface area contributed by atoms with Crippen molar-refractivity contribution >= 4 is 5.97 Å². The summed E-state index contributed by atoms with van der Waals surface area (Å²) in [5.74, 6) is -0.269. The van der Waals surface area contributed by atoms with E-state index in [4.69, 9.17) is 4.74 Å². The molecule has 14 heavy (non-hydrogen) atoms. The minimum Gasteiger partial charge on any atom is -0.467 e. The molecule has 3 heteroatoms. The van der Waals surface area contributed by atoms with Gasteiger partial charge in [-0.05, 0) is 19.8 Å². The van der Waals surface area contributed by atoms with Crippen LogP contribution in [0, 0.1) is 0 Å². The van der Waals surface area contributed by atoms with E-state index >= 15 is 0 Å². The molecule has 0 aromatic carbocycles. The van der Waals surface area contributed by atoms with Crippen LogP contribution in [0.3, 0.4) is 0 Å². The highest BCUT2D eigenvalue weighted by molar-refractivity contribution is 5.73.